The van der Waals surface area contributed by atoms with E-state index in [1.54, 1.807) is 25.3 Å². The molecule has 0 bridgehead atoms. The molecular weight excluding hydrogens is 489 g/mol. The van der Waals surface area contributed by atoms with E-state index in [0.717, 1.165) is 22.2 Å². The Balaban J connectivity index is 1.60. The Labute approximate surface area is 205 Å². The maximum absolute atomic E-state index is 6.34. The quantitative estimate of drug-likeness (QED) is 0.238. The largest absolute Gasteiger partial charge is 0.497 e. The number of rotatable bonds is 8. The predicted molar refractivity (Wildman–Crippen MR) is 130 cm³/mol. The lowest BCUT2D eigenvalue weighted by Crippen LogP contribution is -2.06. The van der Waals surface area contributed by atoms with Crippen molar-refractivity contribution in [3.05, 3.63) is 93.2 Å². The smallest absolute Gasteiger partial charge is 0.196 e. The van der Waals surface area contributed by atoms with Gasteiger partial charge in [0, 0.05) is 26.5 Å². The van der Waals surface area contributed by atoms with Crippen LogP contribution in [0.25, 0.3) is 5.69 Å². The standard InChI is InChI=1S/C23H18Cl3N3O2S/c1-30-19-10-6-18(7-11-19)29-22(13-31-20-8-4-16(24)5-9-20)27-28-23(29)32-14-15-2-3-17(25)12-21(15)26/h2-12H,13-14H2,1H3. The molecule has 5 nitrogen and oxygen atoms in total. The van der Waals surface area contributed by atoms with Crippen LogP contribution in [0.15, 0.2) is 71.9 Å². The predicted octanol–water partition coefficient (Wildman–Crippen LogP) is 7.11. The van der Waals surface area contributed by atoms with Crippen molar-refractivity contribution in [1.82, 2.24) is 14.8 Å². The zero-order chi connectivity index (χ0) is 22.5. The Hall–Kier alpha value is -2.38. The first-order chi connectivity index (χ1) is 15.5. The van der Waals surface area contributed by atoms with Gasteiger partial charge < -0.3 is 9.47 Å². The fraction of sp³-hybridized carbons (Fsp3) is 0.130. The SMILES string of the molecule is COc1ccc(-n2c(COc3ccc(Cl)cc3)nnc2SCc2ccc(Cl)cc2Cl)cc1. The molecule has 0 saturated carbocycles. The first-order valence-electron chi connectivity index (χ1n) is 9.57. The van der Waals surface area contributed by atoms with Crippen molar-refractivity contribution < 1.29 is 9.47 Å². The van der Waals surface area contributed by atoms with Gasteiger partial charge in [-0.25, -0.2) is 0 Å². The van der Waals surface area contributed by atoms with Crippen LogP contribution in [0.1, 0.15) is 11.4 Å². The van der Waals surface area contributed by atoms with Crippen molar-refractivity contribution in [2.45, 2.75) is 17.5 Å². The van der Waals surface area contributed by atoms with Crippen LogP contribution in [0.3, 0.4) is 0 Å². The molecule has 164 valence electrons. The summed E-state index contributed by atoms with van der Waals surface area (Å²) in [5.41, 5.74) is 1.86. The number of aromatic nitrogens is 3. The fourth-order valence-electron chi connectivity index (χ4n) is 2.94. The van der Waals surface area contributed by atoms with Crippen molar-refractivity contribution in [1.29, 1.82) is 0 Å². The van der Waals surface area contributed by atoms with Gasteiger partial charge in [-0.3, -0.25) is 4.57 Å². The third kappa shape index (κ3) is 5.51. The molecule has 3 aromatic carbocycles. The highest BCUT2D eigenvalue weighted by Gasteiger charge is 2.16. The lowest BCUT2D eigenvalue weighted by Gasteiger charge is -2.12. The van der Waals surface area contributed by atoms with Crippen molar-refractivity contribution in [3.63, 3.8) is 0 Å². The number of halogens is 3. The molecule has 32 heavy (non-hydrogen) atoms. The van der Waals surface area contributed by atoms with Crippen LogP contribution < -0.4 is 9.47 Å². The van der Waals surface area contributed by atoms with Crippen molar-refractivity contribution in [2.75, 3.05) is 7.11 Å². The van der Waals surface area contributed by atoms with E-state index in [-0.39, 0.29) is 6.61 Å². The maximum atomic E-state index is 6.34. The van der Waals surface area contributed by atoms with Crippen LogP contribution in [-0.2, 0) is 12.4 Å². The number of hydrogen-bond acceptors (Lipinski definition) is 5. The van der Waals surface area contributed by atoms with E-state index < -0.39 is 0 Å². The zero-order valence-corrected chi connectivity index (χ0v) is 20.0. The topological polar surface area (TPSA) is 49.2 Å². The normalized spacial score (nSPS) is 10.9. The summed E-state index contributed by atoms with van der Waals surface area (Å²) in [5, 5.41) is 11.4. The van der Waals surface area contributed by atoms with Gasteiger partial charge in [-0.2, -0.15) is 0 Å². The Morgan fingerprint density at radius 2 is 1.53 bits per heavy atom. The summed E-state index contributed by atoms with van der Waals surface area (Å²) >= 11 is 19.8. The summed E-state index contributed by atoms with van der Waals surface area (Å²) in [6.45, 7) is 0.239. The first kappa shape index (κ1) is 22.8. The van der Waals surface area contributed by atoms with E-state index in [1.165, 1.54) is 11.8 Å². The molecule has 0 saturated heterocycles. The van der Waals surface area contributed by atoms with Gasteiger partial charge in [-0.05, 0) is 66.2 Å². The van der Waals surface area contributed by atoms with Gasteiger partial charge >= 0.3 is 0 Å². The molecule has 4 aromatic rings. The summed E-state index contributed by atoms with van der Waals surface area (Å²) in [4.78, 5) is 0. The minimum absolute atomic E-state index is 0.239. The van der Waals surface area contributed by atoms with Crippen LogP contribution >= 0.6 is 46.6 Å². The molecule has 0 atom stereocenters. The average Bonchev–Trinajstić information content (AvgIpc) is 3.21. The molecule has 0 amide bonds. The Bertz CT molecular complexity index is 1200. The van der Waals surface area contributed by atoms with Gasteiger partial charge in [-0.15, -0.1) is 10.2 Å². The number of nitrogens with zero attached hydrogens (tertiary/aromatic N) is 3. The summed E-state index contributed by atoms with van der Waals surface area (Å²) in [7, 11) is 1.64. The van der Waals surface area contributed by atoms with Crippen LogP contribution in [0.5, 0.6) is 11.5 Å². The van der Waals surface area contributed by atoms with Crippen LogP contribution in [0, 0.1) is 0 Å². The van der Waals surface area contributed by atoms with Crippen LogP contribution in [0.4, 0.5) is 0 Å². The van der Waals surface area contributed by atoms with Crippen molar-refractivity contribution in [2.24, 2.45) is 0 Å². The first-order valence-corrected chi connectivity index (χ1v) is 11.7. The minimum Gasteiger partial charge on any atom is -0.497 e. The van der Waals surface area contributed by atoms with E-state index in [0.29, 0.717) is 32.4 Å². The highest BCUT2D eigenvalue weighted by atomic mass is 35.5. The molecule has 0 spiro atoms. The zero-order valence-electron chi connectivity index (χ0n) is 17.0. The van der Waals surface area contributed by atoms with E-state index in [1.807, 2.05) is 53.1 Å². The fourth-order valence-corrected chi connectivity index (χ4v) is 4.59. The molecule has 0 N–H and O–H groups in total. The minimum atomic E-state index is 0.239. The summed E-state index contributed by atoms with van der Waals surface area (Å²) in [5.74, 6) is 2.74. The molecular formula is C23H18Cl3N3O2S. The van der Waals surface area contributed by atoms with E-state index in [9.17, 15) is 0 Å². The van der Waals surface area contributed by atoms with Gasteiger partial charge in [0.1, 0.15) is 18.1 Å². The molecule has 0 fully saturated rings. The lowest BCUT2D eigenvalue weighted by molar-refractivity contribution is 0.293. The van der Waals surface area contributed by atoms with Gasteiger partial charge in [0.2, 0.25) is 0 Å². The summed E-state index contributed by atoms with van der Waals surface area (Å²) in [6.07, 6.45) is 0. The second-order valence-electron chi connectivity index (χ2n) is 6.70. The number of methoxy groups -OCH3 is 1. The summed E-state index contributed by atoms with van der Waals surface area (Å²) in [6, 6.07) is 20.3. The van der Waals surface area contributed by atoms with E-state index in [4.69, 9.17) is 44.3 Å². The average molecular weight is 507 g/mol. The Morgan fingerprint density at radius 1 is 0.844 bits per heavy atom. The van der Waals surface area contributed by atoms with Gasteiger partial charge in [-0.1, -0.05) is 52.6 Å². The molecule has 0 aliphatic heterocycles. The van der Waals surface area contributed by atoms with Gasteiger partial charge in [0.05, 0.1) is 7.11 Å². The van der Waals surface area contributed by atoms with E-state index >= 15 is 0 Å². The highest BCUT2D eigenvalue weighted by molar-refractivity contribution is 7.98. The third-order valence-corrected chi connectivity index (χ3v) is 6.40. The molecule has 0 aliphatic carbocycles. The number of thioether (sulfide) groups is 1. The maximum Gasteiger partial charge on any atom is 0.196 e. The lowest BCUT2D eigenvalue weighted by atomic mass is 10.2. The highest BCUT2D eigenvalue weighted by Crippen LogP contribution is 2.30. The molecule has 1 aromatic heterocycles. The van der Waals surface area contributed by atoms with Crippen molar-refractivity contribution in [3.8, 4) is 17.2 Å². The van der Waals surface area contributed by atoms with Crippen molar-refractivity contribution >= 4 is 46.6 Å². The third-order valence-electron chi connectivity index (χ3n) is 4.58. The molecule has 1 heterocycles. The second-order valence-corrected chi connectivity index (χ2v) is 8.92. The Kier molecular flexibility index (Phi) is 7.48. The Morgan fingerprint density at radius 3 is 2.22 bits per heavy atom. The second kappa shape index (κ2) is 10.5. The molecule has 9 heteroatoms. The molecule has 4 rings (SSSR count). The summed E-state index contributed by atoms with van der Waals surface area (Å²) < 4.78 is 13.2. The van der Waals surface area contributed by atoms with Crippen LogP contribution in [-0.4, -0.2) is 21.9 Å². The van der Waals surface area contributed by atoms with Gasteiger partial charge in [0.15, 0.2) is 11.0 Å². The van der Waals surface area contributed by atoms with Crippen LogP contribution in [0.2, 0.25) is 15.1 Å². The number of ether oxygens (including phenoxy) is 2. The van der Waals surface area contributed by atoms with E-state index in [2.05, 4.69) is 10.2 Å². The molecule has 0 unspecified atom stereocenters. The monoisotopic (exact) mass is 505 g/mol. The molecule has 0 radical (unpaired) electrons. The number of hydrogen-bond donors (Lipinski definition) is 0. The number of benzene rings is 3. The molecule has 0 aliphatic rings. The van der Waals surface area contributed by atoms with Gasteiger partial charge in [0.25, 0.3) is 0 Å².